The molecular weight excluding hydrogens is 294 g/mol. The topological polar surface area (TPSA) is 114 Å². The number of hydrogen-bond donors (Lipinski definition) is 2. The van der Waals surface area contributed by atoms with Crippen LogP contribution in [0.15, 0.2) is 29.2 Å². The highest BCUT2D eigenvalue weighted by atomic mass is 32.2. The molecule has 0 aliphatic carbocycles. The molecule has 21 heavy (non-hydrogen) atoms. The van der Waals surface area contributed by atoms with E-state index < -0.39 is 10.0 Å². The maximum absolute atomic E-state index is 11.7. The monoisotopic (exact) mass is 312 g/mol. The summed E-state index contributed by atoms with van der Waals surface area (Å²) in [6.07, 6.45) is 0.909. The molecule has 2 amide bonds. The zero-order valence-electron chi connectivity index (χ0n) is 11.7. The molecule has 7 nitrogen and oxygen atoms in total. The Bertz CT molecular complexity index is 654. The Morgan fingerprint density at radius 3 is 2.38 bits per heavy atom. The molecule has 1 aromatic carbocycles. The van der Waals surface area contributed by atoms with Gasteiger partial charge in [-0.2, -0.15) is 0 Å². The molecule has 0 aromatic heterocycles. The van der Waals surface area contributed by atoms with Gasteiger partial charge in [0, 0.05) is 13.5 Å². The van der Waals surface area contributed by atoms with Gasteiger partial charge >= 0.3 is 0 Å². The van der Waals surface area contributed by atoms with Crippen LogP contribution < -0.4 is 10.5 Å². The van der Waals surface area contributed by atoms with E-state index in [2.05, 4.69) is 0 Å². The Kier molecular flexibility index (Phi) is 4.40. The molecule has 1 atom stereocenters. The van der Waals surface area contributed by atoms with Gasteiger partial charge in [0.1, 0.15) is 0 Å². The van der Waals surface area contributed by atoms with Gasteiger partial charge < -0.3 is 5.32 Å². The number of likely N-dealkylation sites (N-methyl/N-ethyl adjacent to an activating group) is 1. The van der Waals surface area contributed by atoms with E-state index >= 15 is 0 Å². The van der Waals surface area contributed by atoms with Crippen molar-refractivity contribution in [2.24, 2.45) is 5.14 Å². The molecule has 8 heteroatoms. The van der Waals surface area contributed by atoms with Gasteiger partial charge in [-0.3, -0.25) is 14.5 Å². The van der Waals surface area contributed by atoms with Gasteiger partial charge in [-0.05, 0) is 17.7 Å². The summed E-state index contributed by atoms with van der Waals surface area (Å²) in [6, 6.07) is 5.97. The number of carbonyl (C=O) groups excluding carboxylic acids is 2. The zero-order chi connectivity index (χ0) is 15.6. The highest BCUT2D eigenvalue weighted by molar-refractivity contribution is 7.89. The number of nitrogens with two attached hydrogens (primary N) is 2. The van der Waals surface area contributed by atoms with Crippen LogP contribution in [0.25, 0.3) is 0 Å². The third-order valence-electron chi connectivity index (χ3n) is 3.55. The molecule has 0 unspecified atom stereocenters. The fourth-order valence-corrected chi connectivity index (χ4v) is 2.78. The van der Waals surface area contributed by atoms with E-state index in [-0.39, 0.29) is 29.2 Å². The van der Waals surface area contributed by atoms with Crippen molar-refractivity contribution in [1.82, 2.24) is 4.90 Å². The SMILES string of the molecule is CN1C(=O)C[C@H]([NH2+]CCc2ccc(S(N)(=O)=O)cc2)C1=O. The first-order chi connectivity index (χ1) is 9.79. The van der Waals surface area contributed by atoms with E-state index in [9.17, 15) is 18.0 Å². The van der Waals surface area contributed by atoms with Crippen LogP contribution in [0.2, 0.25) is 0 Å². The molecule has 0 saturated carbocycles. The summed E-state index contributed by atoms with van der Waals surface area (Å²) >= 11 is 0. The number of primary sulfonamides is 1. The molecule has 1 aliphatic rings. The van der Waals surface area contributed by atoms with Crippen LogP contribution in [0.4, 0.5) is 0 Å². The summed E-state index contributed by atoms with van der Waals surface area (Å²) in [6.45, 7) is 0.645. The molecule has 0 spiro atoms. The van der Waals surface area contributed by atoms with Crippen molar-refractivity contribution in [3.8, 4) is 0 Å². The standard InChI is InChI=1S/C13H17N3O4S/c1-16-12(17)8-11(13(16)18)15-7-6-9-2-4-10(5-3-9)21(14,19)20/h2-5,11,15H,6-8H2,1H3,(H2,14,19,20)/p+1/t11-/m0/s1. The summed E-state index contributed by atoms with van der Waals surface area (Å²) in [5.41, 5.74) is 0.948. The molecule has 1 saturated heterocycles. The Hall–Kier alpha value is -1.77. The molecule has 1 fully saturated rings. The van der Waals surface area contributed by atoms with E-state index in [4.69, 9.17) is 5.14 Å². The second kappa shape index (κ2) is 5.92. The van der Waals surface area contributed by atoms with Crippen LogP contribution in [0.3, 0.4) is 0 Å². The van der Waals surface area contributed by atoms with Crippen LogP contribution in [0.5, 0.6) is 0 Å². The highest BCUT2D eigenvalue weighted by Crippen LogP contribution is 2.09. The summed E-state index contributed by atoms with van der Waals surface area (Å²) in [4.78, 5) is 24.3. The summed E-state index contributed by atoms with van der Waals surface area (Å²) in [5.74, 6) is -0.316. The molecule has 1 aliphatic heterocycles. The minimum atomic E-state index is -3.67. The van der Waals surface area contributed by atoms with Crippen LogP contribution in [0.1, 0.15) is 12.0 Å². The van der Waals surface area contributed by atoms with Crippen molar-refractivity contribution in [1.29, 1.82) is 0 Å². The summed E-state index contributed by atoms with van der Waals surface area (Å²) in [7, 11) is -2.18. The molecule has 114 valence electrons. The summed E-state index contributed by atoms with van der Waals surface area (Å²) in [5, 5.41) is 6.87. The number of imide groups is 1. The second-order valence-corrected chi connectivity index (χ2v) is 6.63. The first-order valence-corrected chi connectivity index (χ1v) is 8.09. The van der Waals surface area contributed by atoms with Crippen molar-refractivity contribution >= 4 is 21.8 Å². The Morgan fingerprint density at radius 2 is 1.90 bits per heavy atom. The van der Waals surface area contributed by atoms with Crippen molar-refractivity contribution in [2.75, 3.05) is 13.6 Å². The molecule has 1 aromatic rings. The van der Waals surface area contributed by atoms with Gasteiger partial charge in [-0.15, -0.1) is 0 Å². The van der Waals surface area contributed by atoms with Crippen molar-refractivity contribution in [3.05, 3.63) is 29.8 Å². The van der Waals surface area contributed by atoms with Gasteiger partial charge in [0.25, 0.3) is 5.91 Å². The molecule has 4 N–H and O–H groups in total. The van der Waals surface area contributed by atoms with Crippen molar-refractivity contribution in [3.63, 3.8) is 0 Å². The fourth-order valence-electron chi connectivity index (χ4n) is 2.27. The first kappa shape index (κ1) is 15.6. The summed E-state index contributed by atoms with van der Waals surface area (Å²) < 4.78 is 22.3. The van der Waals surface area contributed by atoms with E-state index in [1.165, 1.54) is 19.2 Å². The van der Waals surface area contributed by atoms with E-state index in [1.54, 1.807) is 12.1 Å². The number of rotatable bonds is 5. The van der Waals surface area contributed by atoms with Gasteiger partial charge in [0.15, 0.2) is 6.04 Å². The smallest absolute Gasteiger partial charge is 0.287 e. The lowest BCUT2D eigenvalue weighted by atomic mass is 10.1. The van der Waals surface area contributed by atoms with Crippen LogP contribution >= 0.6 is 0 Å². The van der Waals surface area contributed by atoms with Gasteiger partial charge in [0.2, 0.25) is 15.9 Å². The largest absolute Gasteiger partial charge is 0.335 e. The molecule has 0 radical (unpaired) electrons. The molecule has 0 bridgehead atoms. The number of likely N-dealkylation sites (tertiary alicyclic amines) is 1. The Balaban J connectivity index is 1.87. The van der Waals surface area contributed by atoms with Gasteiger partial charge in [-0.1, -0.05) is 12.1 Å². The molecule has 1 heterocycles. The first-order valence-electron chi connectivity index (χ1n) is 6.54. The average molecular weight is 312 g/mol. The highest BCUT2D eigenvalue weighted by Gasteiger charge is 2.38. The quantitative estimate of drug-likeness (QED) is 0.624. The lowest BCUT2D eigenvalue weighted by Gasteiger charge is -2.08. The van der Waals surface area contributed by atoms with E-state index in [0.29, 0.717) is 13.0 Å². The molecular formula is C13H18N3O4S+. The van der Waals surface area contributed by atoms with Crippen LogP contribution in [-0.2, 0) is 26.0 Å². The van der Waals surface area contributed by atoms with Crippen molar-refractivity contribution < 1.29 is 23.3 Å². The second-order valence-electron chi connectivity index (χ2n) is 5.06. The minimum Gasteiger partial charge on any atom is -0.335 e. The number of nitrogens with zero attached hydrogens (tertiary/aromatic N) is 1. The third kappa shape index (κ3) is 3.66. The minimum absolute atomic E-state index is 0.0772. The number of carbonyl (C=O) groups is 2. The lowest BCUT2D eigenvalue weighted by Crippen LogP contribution is -2.91. The average Bonchev–Trinajstić information content (AvgIpc) is 2.66. The normalized spacial score (nSPS) is 19.3. The predicted molar refractivity (Wildman–Crippen MR) is 74.5 cm³/mol. The zero-order valence-corrected chi connectivity index (χ0v) is 12.5. The fraction of sp³-hybridized carbons (Fsp3) is 0.385. The number of hydrogen-bond acceptors (Lipinski definition) is 4. The van der Waals surface area contributed by atoms with Gasteiger partial charge in [-0.25, -0.2) is 13.6 Å². The number of benzene rings is 1. The molecule has 2 rings (SSSR count). The number of amides is 2. The maximum Gasteiger partial charge on any atom is 0.287 e. The number of quaternary nitrogens is 1. The van der Waals surface area contributed by atoms with E-state index in [0.717, 1.165) is 10.5 Å². The van der Waals surface area contributed by atoms with Crippen LogP contribution in [0, 0.1) is 0 Å². The lowest BCUT2D eigenvalue weighted by molar-refractivity contribution is -0.674. The van der Waals surface area contributed by atoms with Gasteiger partial charge in [0.05, 0.1) is 17.9 Å². The third-order valence-corrected chi connectivity index (χ3v) is 4.48. The predicted octanol–water partition coefficient (Wildman–Crippen LogP) is -1.80. The van der Waals surface area contributed by atoms with Crippen LogP contribution in [-0.4, -0.2) is 44.8 Å². The Labute approximate surface area is 123 Å². The van der Waals surface area contributed by atoms with E-state index in [1.807, 2.05) is 5.32 Å². The Morgan fingerprint density at radius 1 is 1.29 bits per heavy atom. The van der Waals surface area contributed by atoms with Crippen molar-refractivity contribution in [2.45, 2.75) is 23.8 Å². The maximum atomic E-state index is 11.7. The number of sulfonamides is 1.